The van der Waals surface area contributed by atoms with Gasteiger partial charge in [-0.15, -0.1) is 5.10 Å². The molecule has 7 nitrogen and oxygen atoms in total. The van der Waals surface area contributed by atoms with E-state index in [4.69, 9.17) is 0 Å². The molecule has 0 amide bonds. The fourth-order valence-electron chi connectivity index (χ4n) is 2.73. The summed E-state index contributed by atoms with van der Waals surface area (Å²) in [6.07, 6.45) is 2.94. The van der Waals surface area contributed by atoms with Gasteiger partial charge in [-0.1, -0.05) is 41.6 Å². The molecule has 4 aromatic rings. The number of hydrogen-bond donors (Lipinski definition) is 2. The minimum Gasteiger partial charge on any atom is -0.476 e. The summed E-state index contributed by atoms with van der Waals surface area (Å²) in [6, 6.07) is 17.4. The van der Waals surface area contributed by atoms with Crippen molar-refractivity contribution in [3.63, 3.8) is 0 Å². The van der Waals surface area contributed by atoms with Crippen LogP contribution in [0.15, 0.2) is 67.0 Å². The summed E-state index contributed by atoms with van der Waals surface area (Å²) in [5.41, 5.74) is 4.69. The van der Waals surface area contributed by atoms with E-state index in [0.717, 1.165) is 22.4 Å². The monoisotopic (exact) mass is 331 g/mol. The molecule has 7 heteroatoms. The summed E-state index contributed by atoms with van der Waals surface area (Å²) in [5.74, 6) is -1.07. The van der Waals surface area contributed by atoms with E-state index in [1.165, 1.54) is 10.9 Å². The van der Waals surface area contributed by atoms with Crippen molar-refractivity contribution < 1.29 is 9.90 Å². The van der Waals surface area contributed by atoms with E-state index >= 15 is 0 Å². The molecule has 25 heavy (non-hydrogen) atoms. The standard InChI is InChI=1S/C18H13N5O2/c24-18(25)17-11-20-22-23(17)13-7-5-12(6-8-13)14-3-1-2-4-15(14)16-9-10-19-21-16/h1-11H,(H,19,21)(H,24,25). The van der Waals surface area contributed by atoms with E-state index in [1.807, 2.05) is 54.6 Å². The fourth-order valence-corrected chi connectivity index (χ4v) is 2.73. The number of aromatic nitrogens is 5. The van der Waals surface area contributed by atoms with Gasteiger partial charge in [0.15, 0.2) is 5.69 Å². The number of carbonyl (C=O) groups is 1. The molecular formula is C18H13N5O2. The first kappa shape index (κ1) is 14.8. The first-order chi connectivity index (χ1) is 12.2. The van der Waals surface area contributed by atoms with Gasteiger partial charge in [-0.3, -0.25) is 5.10 Å². The number of nitrogens with one attached hydrogen (secondary N) is 1. The Morgan fingerprint density at radius 1 is 1.00 bits per heavy atom. The van der Waals surface area contributed by atoms with Crippen LogP contribution in [0.25, 0.3) is 28.1 Å². The van der Waals surface area contributed by atoms with E-state index in [2.05, 4.69) is 20.5 Å². The highest BCUT2D eigenvalue weighted by atomic mass is 16.4. The minimum atomic E-state index is -1.07. The highest BCUT2D eigenvalue weighted by molar-refractivity contribution is 5.86. The van der Waals surface area contributed by atoms with Crippen molar-refractivity contribution in [2.24, 2.45) is 0 Å². The average Bonchev–Trinajstić information content (AvgIpc) is 3.34. The Balaban J connectivity index is 1.75. The van der Waals surface area contributed by atoms with Crippen molar-refractivity contribution in [3.05, 3.63) is 72.7 Å². The smallest absolute Gasteiger partial charge is 0.356 e. The molecule has 0 fully saturated rings. The maximum atomic E-state index is 11.2. The van der Waals surface area contributed by atoms with Gasteiger partial charge < -0.3 is 5.11 Å². The first-order valence-corrected chi connectivity index (χ1v) is 7.57. The van der Waals surface area contributed by atoms with Crippen LogP contribution in [0, 0.1) is 0 Å². The topological polar surface area (TPSA) is 96.7 Å². The molecule has 0 atom stereocenters. The van der Waals surface area contributed by atoms with E-state index in [-0.39, 0.29) is 5.69 Å². The molecule has 0 aliphatic carbocycles. The van der Waals surface area contributed by atoms with Crippen LogP contribution >= 0.6 is 0 Å². The lowest BCUT2D eigenvalue weighted by molar-refractivity contribution is 0.0687. The number of rotatable bonds is 4. The number of H-pyrrole nitrogens is 1. The molecule has 0 radical (unpaired) electrons. The molecule has 2 heterocycles. The summed E-state index contributed by atoms with van der Waals surface area (Å²) in [6.45, 7) is 0. The molecule has 2 N–H and O–H groups in total. The molecule has 0 aliphatic heterocycles. The van der Waals surface area contributed by atoms with Gasteiger partial charge in [-0.25, -0.2) is 9.48 Å². The maximum Gasteiger partial charge on any atom is 0.356 e. The van der Waals surface area contributed by atoms with Gasteiger partial charge in [0.2, 0.25) is 0 Å². The molecule has 2 aromatic heterocycles. The predicted molar refractivity (Wildman–Crippen MR) is 91.3 cm³/mol. The van der Waals surface area contributed by atoms with E-state index in [0.29, 0.717) is 5.69 Å². The van der Waals surface area contributed by atoms with Crippen LogP contribution < -0.4 is 0 Å². The molecule has 0 saturated heterocycles. The van der Waals surface area contributed by atoms with Gasteiger partial charge in [-0.2, -0.15) is 5.10 Å². The number of aromatic carboxylic acids is 1. The van der Waals surface area contributed by atoms with Crippen LogP contribution in [0.5, 0.6) is 0 Å². The van der Waals surface area contributed by atoms with Crippen LogP contribution in [0.3, 0.4) is 0 Å². The van der Waals surface area contributed by atoms with Crippen molar-refractivity contribution in [3.8, 4) is 28.1 Å². The van der Waals surface area contributed by atoms with Crippen LogP contribution in [0.4, 0.5) is 0 Å². The molecule has 0 saturated carbocycles. The van der Waals surface area contributed by atoms with Gasteiger partial charge in [0, 0.05) is 11.8 Å². The second-order valence-electron chi connectivity index (χ2n) is 5.40. The average molecular weight is 331 g/mol. The zero-order chi connectivity index (χ0) is 17.2. The second kappa shape index (κ2) is 6.04. The third kappa shape index (κ3) is 2.67. The number of carboxylic acids is 1. The predicted octanol–water partition coefficient (Wildman–Crippen LogP) is 3.02. The Bertz CT molecular complexity index is 1020. The first-order valence-electron chi connectivity index (χ1n) is 7.57. The Morgan fingerprint density at radius 2 is 1.76 bits per heavy atom. The largest absolute Gasteiger partial charge is 0.476 e. The summed E-state index contributed by atoms with van der Waals surface area (Å²) in [5, 5.41) is 23.7. The molecule has 0 unspecified atom stereocenters. The highest BCUT2D eigenvalue weighted by Crippen LogP contribution is 2.31. The lowest BCUT2D eigenvalue weighted by Gasteiger charge is -2.09. The van der Waals surface area contributed by atoms with Crippen LogP contribution in [0.1, 0.15) is 10.5 Å². The Hall–Kier alpha value is -3.74. The number of aromatic amines is 1. The number of carboxylic acid groups (broad SMARTS) is 1. The van der Waals surface area contributed by atoms with Crippen LogP contribution in [-0.2, 0) is 0 Å². The number of nitrogens with zero attached hydrogens (tertiary/aromatic N) is 4. The van der Waals surface area contributed by atoms with Crippen molar-refractivity contribution >= 4 is 5.97 Å². The molecule has 2 aromatic carbocycles. The van der Waals surface area contributed by atoms with Crippen molar-refractivity contribution in [1.82, 2.24) is 25.2 Å². The molecule has 0 aliphatic rings. The van der Waals surface area contributed by atoms with Gasteiger partial charge in [-0.05, 0) is 29.3 Å². The quantitative estimate of drug-likeness (QED) is 0.599. The Labute approximate surface area is 142 Å². The molecule has 4 rings (SSSR count). The summed E-state index contributed by atoms with van der Waals surface area (Å²) in [4.78, 5) is 11.2. The van der Waals surface area contributed by atoms with Crippen LogP contribution in [-0.4, -0.2) is 36.3 Å². The Kier molecular flexibility index (Phi) is 3.59. The van der Waals surface area contributed by atoms with E-state index < -0.39 is 5.97 Å². The zero-order valence-corrected chi connectivity index (χ0v) is 13.0. The van der Waals surface area contributed by atoms with E-state index in [9.17, 15) is 9.90 Å². The van der Waals surface area contributed by atoms with Crippen molar-refractivity contribution in [1.29, 1.82) is 0 Å². The maximum absolute atomic E-state index is 11.2. The highest BCUT2D eigenvalue weighted by Gasteiger charge is 2.13. The second-order valence-corrected chi connectivity index (χ2v) is 5.40. The molecule has 0 bridgehead atoms. The van der Waals surface area contributed by atoms with Gasteiger partial charge in [0.1, 0.15) is 0 Å². The SMILES string of the molecule is O=C(O)c1cnnn1-c1ccc(-c2ccccc2-c2ccn[nH]2)cc1. The van der Waals surface area contributed by atoms with Crippen molar-refractivity contribution in [2.75, 3.05) is 0 Å². The summed E-state index contributed by atoms with van der Waals surface area (Å²) >= 11 is 0. The van der Waals surface area contributed by atoms with Gasteiger partial charge in [0.25, 0.3) is 0 Å². The molecule has 122 valence electrons. The third-order valence-electron chi connectivity index (χ3n) is 3.91. The Morgan fingerprint density at radius 3 is 2.44 bits per heavy atom. The summed E-state index contributed by atoms with van der Waals surface area (Å²) < 4.78 is 1.30. The normalized spacial score (nSPS) is 10.7. The summed E-state index contributed by atoms with van der Waals surface area (Å²) in [7, 11) is 0. The van der Waals surface area contributed by atoms with Crippen LogP contribution in [0.2, 0.25) is 0 Å². The van der Waals surface area contributed by atoms with E-state index in [1.54, 1.807) is 6.20 Å². The van der Waals surface area contributed by atoms with Crippen molar-refractivity contribution in [2.45, 2.75) is 0 Å². The number of hydrogen-bond acceptors (Lipinski definition) is 4. The third-order valence-corrected chi connectivity index (χ3v) is 3.91. The fraction of sp³-hybridized carbons (Fsp3) is 0. The lowest BCUT2D eigenvalue weighted by Crippen LogP contribution is -2.07. The number of benzene rings is 2. The van der Waals surface area contributed by atoms with Gasteiger partial charge >= 0.3 is 5.97 Å². The molecule has 0 spiro atoms. The lowest BCUT2D eigenvalue weighted by atomic mass is 9.97. The zero-order valence-electron chi connectivity index (χ0n) is 13.0. The minimum absolute atomic E-state index is 0.0191. The van der Waals surface area contributed by atoms with Gasteiger partial charge in [0.05, 0.1) is 17.6 Å². The molecular weight excluding hydrogens is 318 g/mol.